The minimum absolute atomic E-state index is 0.00723. The molecule has 166 valence electrons. The van der Waals surface area contributed by atoms with Gasteiger partial charge in [-0.25, -0.2) is 4.39 Å². The predicted molar refractivity (Wildman–Crippen MR) is 119 cm³/mol. The van der Waals surface area contributed by atoms with Crippen molar-refractivity contribution in [3.8, 4) is 0 Å². The first-order valence-corrected chi connectivity index (χ1v) is 11.1. The molecule has 2 aromatic rings. The van der Waals surface area contributed by atoms with Gasteiger partial charge in [0, 0.05) is 36.5 Å². The molecule has 1 atom stereocenters. The van der Waals surface area contributed by atoms with Crippen molar-refractivity contribution < 1.29 is 18.9 Å². The fourth-order valence-electron chi connectivity index (χ4n) is 2.84. The number of hydrogen-bond donors (Lipinski definition) is 1. The summed E-state index contributed by atoms with van der Waals surface area (Å²) in [7, 11) is 0. The lowest BCUT2D eigenvalue weighted by Crippen LogP contribution is -2.48. The molecule has 0 aliphatic rings. The standard InChI is InChI=1S/C22H26FN3O4S/c1-3-12-24-22(28)16(2)25(13-18-6-4-5-7-20(18)23)21(27)15-31-14-17-8-10-19(11-9-17)26(29)30/h4-11,16H,3,12-15H2,1-2H3,(H,24,28)/t16-/m0/s1. The maximum atomic E-state index is 14.2. The predicted octanol–water partition coefficient (Wildman–Crippen LogP) is 3.91. The summed E-state index contributed by atoms with van der Waals surface area (Å²) in [6.07, 6.45) is 0.769. The van der Waals surface area contributed by atoms with E-state index < -0.39 is 16.8 Å². The average molecular weight is 448 g/mol. The van der Waals surface area contributed by atoms with E-state index in [1.54, 1.807) is 37.3 Å². The monoisotopic (exact) mass is 447 g/mol. The normalized spacial score (nSPS) is 11.6. The lowest BCUT2D eigenvalue weighted by Gasteiger charge is -2.29. The molecule has 0 saturated heterocycles. The summed E-state index contributed by atoms with van der Waals surface area (Å²) in [5.74, 6) is -0.425. The number of nitro groups is 1. The van der Waals surface area contributed by atoms with Crippen LogP contribution in [0.3, 0.4) is 0 Å². The lowest BCUT2D eigenvalue weighted by molar-refractivity contribution is -0.384. The first-order valence-electron chi connectivity index (χ1n) is 9.95. The minimum atomic E-state index is -0.751. The molecule has 0 aliphatic carbocycles. The Morgan fingerprint density at radius 1 is 1.19 bits per heavy atom. The summed E-state index contributed by atoms with van der Waals surface area (Å²) in [5.41, 5.74) is 1.19. The maximum Gasteiger partial charge on any atom is 0.269 e. The molecule has 7 nitrogen and oxygen atoms in total. The fourth-order valence-corrected chi connectivity index (χ4v) is 3.71. The molecule has 0 aliphatic heterocycles. The van der Waals surface area contributed by atoms with Gasteiger partial charge >= 0.3 is 0 Å². The van der Waals surface area contributed by atoms with Gasteiger partial charge in [0.05, 0.1) is 10.7 Å². The van der Waals surface area contributed by atoms with Crippen LogP contribution < -0.4 is 5.32 Å². The number of carbonyl (C=O) groups is 2. The Bertz CT molecular complexity index is 908. The summed E-state index contributed by atoms with van der Waals surface area (Å²) in [6, 6.07) is 11.6. The Balaban J connectivity index is 2.05. The van der Waals surface area contributed by atoms with E-state index >= 15 is 0 Å². The van der Waals surface area contributed by atoms with Crippen LogP contribution in [0.1, 0.15) is 31.4 Å². The number of nitrogens with zero attached hydrogens (tertiary/aromatic N) is 2. The molecule has 0 spiro atoms. The van der Waals surface area contributed by atoms with Crippen molar-refractivity contribution in [3.05, 3.63) is 75.6 Å². The summed E-state index contributed by atoms with van der Waals surface area (Å²) < 4.78 is 14.2. The van der Waals surface area contributed by atoms with Gasteiger partial charge in [0.2, 0.25) is 11.8 Å². The van der Waals surface area contributed by atoms with Gasteiger partial charge in [-0.05, 0) is 25.0 Å². The zero-order valence-corrected chi connectivity index (χ0v) is 18.4. The molecule has 1 N–H and O–H groups in total. The van der Waals surface area contributed by atoms with Crippen LogP contribution in [0.2, 0.25) is 0 Å². The van der Waals surface area contributed by atoms with Crippen LogP contribution in [0.15, 0.2) is 48.5 Å². The van der Waals surface area contributed by atoms with E-state index in [1.807, 2.05) is 6.92 Å². The molecule has 0 fully saturated rings. The van der Waals surface area contributed by atoms with Crippen LogP contribution in [-0.4, -0.2) is 40.0 Å². The van der Waals surface area contributed by atoms with Gasteiger partial charge in [-0.15, -0.1) is 11.8 Å². The third-order valence-electron chi connectivity index (χ3n) is 4.66. The Hall–Kier alpha value is -2.94. The second kappa shape index (κ2) is 12.0. The molecule has 0 radical (unpaired) electrons. The van der Waals surface area contributed by atoms with Crippen LogP contribution in [0, 0.1) is 15.9 Å². The molecular weight excluding hydrogens is 421 g/mol. The SMILES string of the molecule is CCCNC(=O)[C@H](C)N(Cc1ccccc1F)C(=O)CSCc1ccc([N+](=O)[O-])cc1. The Labute approximate surface area is 185 Å². The summed E-state index contributed by atoms with van der Waals surface area (Å²) in [6.45, 7) is 4.05. The molecule has 2 aromatic carbocycles. The maximum absolute atomic E-state index is 14.2. The third-order valence-corrected chi connectivity index (χ3v) is 5.65. The van der Waals surface area contributed by atoms with Crippen LogP contribution in [0.5, 0.6) is 0 Å². The molecule has 0 saturated carbocycles. The van der Waals surface area contributed by atoms with Gasteiger partial charge in [0.15, 0.2) is 0 Å². The fraction of sp³-hybridized carbons (Fsp3) is 0.364. The number of rotatable bonds is 11. The smallest absolute Gasteiger partial charge is 0.269 e. The van der Waals surface area contributed by atoms with Gasteiger partial charge in [-0.3, -0.25) is 19.7 Å². The zero-order valence-electron chi connectivity index (χ0n) is 17.5. The quantitative estimate of drug-likeness (QED) is 0.416. The van der Waals surface area contributed by atoms with Crippen molar-refractivity contribution in [1.29, 1.82) is 0 Å². The Morgan fingerprint density at radius 2 is 1.87 bits per heavy atom. The van der Waals surface area contributed by atoms with E-state index in [9.17, 15) is 24.1 Å². The molecule has 9 heteroatoms. The van der Waals surface area contributed by atoms with Gasteiger partial charge in [-0.2, -0.15) is 0 Å². The van der Waals surface area contributed by atoms with Crippen LogP contribution in [0.25, 0.3) is 0 Å². The second-order valence-electron chi connectivity index (χ2n) is 7.00. The first kappa shape index (κ1) is 24.3. The lowest BCUT2D eigenvalue weighted by atomic mass is 10.1. The molecule has 31 heavy (non-hydrogen) atoms. The highest BCUT2D eigenvalue weighted by molar-refractivity contribution is 7.99. The number of nitro benzene ring substituents is 1. The van der Waals surface area contributed by atoms with E-state index in [0.717, 1.165) is 12.0 Å². The number of benzene rings is 2. The van der Waals surface area contributed by atoms with Gasteiger partial charge in [0.1, 0.15) is 11.9 Å². The van der Waals surface area contributed by atoms with Crippen molar-refractivity contribution in [2.45, 2.75) is 38.6 Å². The van der Waals surface area contributed by atoms with Gasteiger partial charge in [0.25, 0.3) is 5.69 Å². The van der Waals surface area contributed by atoms with Crippen LogP contribution in [-0.2, 0) is 21.9 Å². The highest BCUT2D eigenvalue weighted by Crippen LogP contribution is 2.19. The minimum Gasteiger partial charge on any atom is -0.354 e. The molecular formula is C22H26FN3O4S. The summed E-state index contributed by atoms with van der Waals surface area (Å²) in [5, 5.41) is 13.5. The Morgan fingerprint density at radius 3 is 2.48 bits per heavy atom. The number of hydrogen-bond acceptors (Lipinski definition) is 5. The van der Waals surface area contributed by atoms with E-state index in [2.05, 4.69) is 5.32 Å². The highest BCUT2D eigenvalue weighted by Gasteiger charge is 2.26. The van der Waals surface area contributed by atoms with Gasteiger partial charge in [-0.1, -0.05) is 37.3 Å². The molecule has 0 bridgehead atoms. The third kappa shape index (κ3) is 7.36. The molecule has 2 amide bonds. The summed E-state index contributed by atoms with van der Waals surface area (Å²) >= 11 is 1.33. The average Bonchev–Trinajstić information content (AvgIpc) is 2.76. The largest absolute Gasteiger partial charge is 0.354 e. The number of thioether (sulfide) groups is 1. The number of nitrogens with one attached hydrogen (secondary N) is 1. The summed E-state index contributed by atoms with van der Waals surface area (Å²) in [4.78, 5) is 37.0. The van der Waals surface area contributed by atoms with E-state index in [1.165, 1.54) is 34.9 Å². The van der Waals surface area contributed by atoms with Crippen molar-refractivity contribution in [2.24, 2.45) is 0 Å². The molecule has 2 rings (SSSR count). The Kier molecular flexibility index (Phi) is 9.45. The second-order valence-corrected chi connectivity index (χ2v) is 7.98. The zero-order chi connectivity index (χ0) is 22.8. The topological polar surface area (TPSA) is 92.6 Å². The number of halogens is 1. The van der Waals surface area contributed by atoms with Gasteiger partial charge < -0.3 is 10.2 Å². The highest BCUT2D eigenvalue weighted by atomic mass is 32.2. The van der Waals surface area contributed by atoms with Crippen molar-refractivity contribution >= 4 is 29.3 Å². The number of amides is 2. The van der Waals surface area contributed by atoms with Crippen molar-refractivity contribution in [3.63, 3.8) is 0 Å². The molecule has 0 aromatic heterocycles. The molecule has 0 heterocycles. The number of carbonyl (C=O) groups excluding carboxylic acids is 2. The van der Waals surface area contributed by atoms with Crippen LogP contribution >= 0.6 is 11.8 Å². The van der Waals surface area contributed by atoms with E-state index in [4.69, 9.17) is 0 Å². The van der Waals surface area contributed by atoms with E-state index in [0.29, 0.717) is 17.9 Å². The van der Waals surface area contributed by atoms with E-state index in [-0.39, 0.29) is 29.8 Å². The molecule has 0 unspecified atom stereocenters. The van der Waals surface area contributed by atoms with Crippen molar-refractivity contribution in [1.82, 2.24) is 10.2 Å². The first-order chi connectivity index (χ1) is 14.8. The number of non-ortho nitro benzene ring substituents is 1. The van der Waals surface area contributed by atoms with Crippen LogP contribution in [0.4, 0.5) is 10.1 Å². The van der Waals surface area contributed by atoms with Crippen molar-refractivity contribution in [2.75, 3.05) is 12.3 Å².